The van der Waals surface area contributed by atoms with Gasteiger partial charge in [-0.05, 0) is 44.1 Å². The normalized spacial score (nSPS) is 15.2. The molecular formula is C18H18ClFN4O2S. The van der Waals surface area contributed by atoms with Gasteiger partial charge in [-0.2, -0.15) is 9.78 Å². The predicted octanol–water partition coefficient (Wildman–Crippen LogP) is 4.10. The monoisotopic (exact) mass is 408 g/mol. The third-order valence-corrected chi connectivity index (χ3v) is 5.83. The summed E-state index contributed by atoms with van der Waals surface area (Å²) in [4.78, 5) is 13.7. The maximum atomic E-state index is 15.2. The number of nitrogens with zero attached hydrogens (tertiary/aromatic N) is 2. The minimum absolute atomic E-state index is 0.0126. The highest BCUT2D eigenvalue weighted by Crippen LogP contribution is 2.31. The van der Waals surface area contributed by atoms with Crippen molar-refractivity contribution in [1.29, 1.82) is 0 Å². The molecule has 2 N–H and O–H groups in total. The van der Waals surface area contributed by atoms with Gasteiger partial charge in [-0.3, -0.25) is 4.79 Å². The number of rotatable bonds is 5. The van der Waals surface area contributed by atoms with Gasteiger partial charge in [0.25, 0.3) is 5.91 Å². The van der Waals surface area contributed by atoms with Crippen LogP contribution in [0, 0.1) is 5.82 Å². The Morgan fingerprint density at radius 1 is 1.41 bits per heavy atom. The number of nitrogens with one attached hydrogen (secondary N) is 2. The van der Waals surface area contributed by atoms with Gasteiger partial charge in [-0.15, -0.1) is 11.3 Å². The van der Waals surface area contributed by atoms with Crippen LogP contribution < -0.4 is 10.6 Å². The fourth-order valence-electron chi connectivity index (χ4n) is 3.20. The van der Waals surface area contributed by atoms with Crippen LogP contribution in [0.4, 0.5) is 10.2 Å². The first-order valence-corrected chi connectivity index (χ1v) is 9.87. The molecule has 0 amide bonds. The van der Waals surface area contributed by atoms with E-state index in [2.05, 4.69) is 15.7 Å². The third-order valence-electron chi connectivity index (χ3n) is 4.60. The van der Waals surface area contributed by atoms with E-state index in [-0.39, 0.29) is 11.7 Å². The van der Waals surface area contributed by atoms with Crippen LogP contribution in [0.25, 0.3) is 0 Å². The van der Waals surface area contributed by atoms with Gasteiger partial charge >= 0.3 is 0 Å². The van der Waals surface area contributed by atoms with Gasteiger partial charge in [0.2, 0.25) is 0 Å². The van der Waals surface area contributed by atoms with E-state index >= 15 is 4.39 Å². The van der Waals surface area contributed by atoms with Crippen LogP contribution in [0.5, 0.6) is 0 Å². The highest BCUT2D eigenvalue weighted by molar-refractivity contribution is 7.16. The molecule has 0 aromatic carbocycles. The quantitative estimate of drug-likeness (QED) is 0.665. The molecule has 0 aliphatic carbocycles. The van der Waals surface area contributed by atoms with E-state index in [0.29, 0.717) is 22.1 Å². The first-order chi connectivity index (χ1) is 13.1. The van der Waals surface area contributed by atoms with Crippen LogP contribution in [-0.2, 0) is 6.54 Å². The van der Waals surface area contributed by atoms with Crippen LogP contribution >= 0.6 is 22.9 Å². The SMILES string of the molecule is O=C(c1ccoc1)n1nc(C2CCNCC2)c(F)c1NCc1ccc(Cl)s1. The van der Waals surface area contributed by atoms with Crippen LogP contribution in [0.1, 0.15) is 39.7 Å². The molecule has 4 rings (SSSR count). The number of hydrogen-bond donors (Lipinski definition) is 2. The largest absolute Gasteiger partial charge is 0.472 e. The van der Waals surface area contributed by atoms with Crippen molar-refractivity contribution in [3.05, 3.63) is 57.0 Å². The molecule has 0 bridgehead atoms. The number of aromatic nitrogens is 2. The average Bonchev–Trinajstić information content (AvgIpc) is 3.41. The molecule has 142 valence electrons. The summed E-state index contributed by atoms with van der Waals surface area (Å²) in [5, 5.41) is 10.6. The van der Waals surface area contributed by atoms with Gasteiger partial charge in [0, 0.05) is 10.8 Å². The maximum Gasteiger partial charge on any atom is 0.283 e. The van der Waals surface area contributed by atoms with Gasteiger partial charge in [0.1, 0.15) is 12.0 Å². The van der Waals surface area contributed by atoms with Crippen molar-refractivity contribution in [2.45, 2.75) is 25.3 Å². The van der Waals surface area contributed by atoms with E-state index in [4.69, 9.17) is 16.0 Å². The summed E-state index contributed by atoms with van der Waals surface area (Å²) < 4.78 is 22.0. The van der Waals surface area contributed by atoms with Crippen LogP contribution in [-0.4, -0.2) is 28.8 Å². The molecule has 1 saturated heterocycles. The molecule has 0 saturated carbocycles. The number of anilines is 1. The maximum absolute atomic E-state index is 15.2. The van der Waals surface area contributed by atoms with E-state index in [1.54, 1.807) is 6.07 Å². The molecule has 1 fully saturated rings. The topological polar surface area (TPSA) is 72.1 Å². The van der Waals surface area contributed by atoms with E-state index in [0.717, 1.165) is 35.5 Å². The highest BCUT2D eigenvalue weighted by atomic mass is 35.5. The Morgan fingerprint density at radius 3 is 2.89 bits per heavy atom. The van der Waals surface area contributed by atoms with Crippen molar-refractivity contribution in [3.63, 3.8) is 0 Å². The molecule has 3 aromatic heterocycles. The van der Waals surface area contributed by atoms with Gasteiger partial charge in [-0.1, -0.05) is 11.6 Å². The van der Waals surface area contributed by atoms with Crippen molar-refractivity contribution < 1.29 is 13.6 Å². The minimum Gasteiger partial charge on any atom is -0.472 e. The Morgan fingerprint density at radius 2 is 2.22 bits per heavy atom. The van der Waals surface area contributed by atoms with E-state index in [9.17, 15) is 4.79 Å². The lowest BCUT2D eigenvalue weighted by atomic mass is 9.94. The Hall–Kier alpha value is -2.16. The number of carbonyl (C=O) groups excluding carboxylic acids is 1. The van der Waals surface area contributed by atoms with Crippen LogP contribution in [0.3, 0.4) is 0 Å². The summed E-state index contributed by atoms with van der Waals surface area (Å²) in [6.45, 7) is 1.97. The summed E-state index contributed by atoms with van der Waals surface area (Å²) in [7, 11) is 0. The number of thiophene rings is 1. The van der Waals surface area contributed by atoms with Gasteiger partial charge in [0.05, 0.1) is 22.7 Å². The van der Waals surface area contributed by atoms with Crippen molar-refractivity contribution in [3.8, 4) is 0 Å². The number of furan rings is 1. The highest BCUT2D eigenvalue weighted by Gasteiger charge is 2.29. The standard InChI is InChI=1S/C18H18ClFN4O2S/c19-14-2-1-13(27-14)9-22-17-15(20)16(11-3-6-21-7-4-11)23-24(17)18(25)12-5-8-26-10-12/h1-2,5,8,10-11,21-22H,3-4,6-7,9H2. The van der Waals surface area contributed by atoms with Crippen LogP contribution in [0.15, 0.2) is 35.1 Å². The number of carbonyl (C=O) groups is 1. The first-order valence-electron chi connectivity index (χ1n) is 8.67. The molecule has 0 atom stereocenters. The zero-order chi connectivity index (χ0) is 18.8. The Balaban J connectivity index is 1.67. The molecule has 1 aliphatic heterocycles. The summed E-state index contributed by atoms with van der Waals surface area (Å²) in [6.07, 6.45) is 4.30. The average molecular weight is 409 g/mol. The number of hydrogen-bond acceptors (Lipinski definition) is 6. The molecule has 0 radical (unpaired) electrons. The second-order valence-corrected chi connectivity index (χ2v) is 8.16. The first kappa shape index (κ1) is 18.2. The summed E-state index contributed by atoms with van der Waals surface area (Å²) in [5.41, 5.74) is 0.650. The minimum atomic E-state index is -0.471. The molecule has 27 heavy (non-hydrogen) atoms. The molecule has 3 aromatic rings. The third kappa shape index (κ3) is 3.78. The lowest BCUT2D eigenvalue weighted by Gasteiger charge is -2.20. The second kappa shape index (κ2) is 7.84. The Bertz CT molecular complexity index is 931. The zero-order valence-electron chi connectivity index (χ0n) is 14.4. The fourth-order valence-corrected chi connectivity index (χ4v) is 4.22. The lowest BCUT2D eigenvalue weighted by molar-refractivity contribution is 0.0946. The Kier molecular flexibility index (Phi) is 5.29. The molecule has 1 aliphatic rings. The fraction of sp³-hybridized carbons (Fsp3) is 0.333. The van der Waals surface area contributed by atoms with E-state index in [1.165, 1.54) is 29.9 Å². The molecule has 0 unspecified atom stereocenters. The predicted molar refractivity (Wildman–Crippen MR) is 102 cm³/mol. The zero-order valence-corrected chi connectivity index (χ0v) is 15.9. The van der Waals surface area contributed by atoms with Crippen LogP contribution in [0.2, 0.25) is 4.34 Å². The Labute approximate surface area is 164 Å². The van der Waals surface area contributed by atoms with E-state index < -0.39 is 11.7 Å². The van der Waals surface area contributed by atoms with Crippen molar-refractivity contribution in [1.82, 2.24) is 15.1 Å². The second-order valence-electron chi connectivity index (χ2n) is 6.36. The lowest BCUT2D eigenvalue weighted by Crippen LogP contribution is -2.27. The van der Waals surface area contributed by atoms with Gasteiger partial charge < -0.3 is 15.1 Å². The summed E-state index contributed by atoms with van der Waals surface area (Å²) in [5.74, 6) is -0.850. The smallest absolute Gasteiger partial charge is 0.283 e. The molecular weight excluding hydrogens is 391 g/mol. The van der Waals surface area contributed by atoms with Gasteiger partial charge in [-0.25, -0.2) is 4.39 Å². The van der Waals surface area contributed by atoms with Crippen molar-refractivity contribution >= 4 is 34.7 Å². The van der Waals surface area contributed by atoms with E-state index in [1.807, 2.05) is 6.07 Å². The number of piperidine rings is 1. The summed E-state index contributed by atoms with van der Waals surface area (Å²) >= 11 is 7.36. The van der Waals surface area contributed by atoms with Crippen molar-refractivity contribution in [2.24, 2.45) is 0 Å². The van der Waals surface area contributed by atoms with Gasteiger partial charge in [0.15, 0.2) is 11.6 Å². The molecule has 6 nitrogen and oxygen atoms in total. The number of halogens is 2. The van der Waals surface area contributed by atoms with Crippen molar-refractivity contribution in [2.75, 3.05) is 18.4 Å². The molecule has 0 spiro atoms. The molecule has 4 heterocycles. The molecule has 9 heteroatoms. The summed E-state index contributed by atoms with van der Waals surface area (Å²) in [6, 6.07) is 5.19.